The molecule has 29 heavy (non-hydrogen) atoms. The molecule has 1 aromatic carbocycles. The molecule has 2 aromatic heterocycles. The van der Waals surface area contributed by atoms with Gasteiger partial charge in [-0.25, -0.2) is 4.98 Å². The molecular formula is C23H28N4O2. The fourth-order valence-corrected chi connectivity index (χ4v) is 3.70. The number of benzene rings is 1. The van der Waals surface area contributed by atoms with Crippen LogP contribution in [0.5, 0.6) is 5.88 Å². The average molecular weight is 393 g/mol. The van der Waals surface area contributed by atoms with Crippen LogP contribution < -0.4 is 4.74 Å². The van der Waals surface area contributed by atoms with Gasteiger partial charge in [0, 0.05) is 12.7 Å². The second-order valence-corrected chi connectivity index (χ2v) is 7.72. The summed E-state index contributed by atoms with van der Waals surface area (Å²) in [5.74, 6) is 1.74. The molecule has 0 N–H and O–H groups in total. The Morgan fingerprint density at radius 1 is 1.07 bits per heavy atom. The first-order valence-electron chi connectivity index (χ1n) is 10.4. The first-order chi connectivity index (χ1) is 14.3. The lowest BCUT2D eigenvalue weighted by Crippen LogP contribution is -2.21. The highest BCUT2D eigenvalue weighted by Crippen LogP contribution is 2.29. The Balaban J connectivity index is 1.38. The molecule has 0 amide bonds. The Labute approximate surface area is 171 Å². The lowest BCUT2D eigenvalue weighted by Gasteiger charge is -2.22. The zero-order valence-electron chi connectivity index (χ0n) is 17.0. The third kappa shape index (κ3) is 5.41. The standard InChI is InChI=1S/C23H28N4O2/c1-27(16-14-18-9-4-2-5-10-18)17-21-25-22(26-29-21)20-13-8-15-24-23(20)28-19-11-6-3-7-12-19/h2,4-5,8-10,13,15,19H,3,6-7,11-12,14,16-17H2,1H3. The monoisotopic (exact) mass is 392 g/mol. The molecular weight excluding hydrogens is 364 g/mol. The summed E-state index contributed by atoms with van der Waals surface area (Å²) in [5, 5.41) is 4.18. The second kappa shape index (κ2) is 9.65. The van der Waals surface area contributed by atoms with Crippen LogP contribution in [0, 0.1) is 0 Å². The Kier molecular flexibility index (Phi) is 6.52. The summed E-state index contributed by atoms with van der Waals surface area (Å²) < 4.78 is 11.7. The SMILES string of the molecule is CN(CCc1ccccc1)Cc1nc(-c2cccnc2OC2CCCCC2)no1. The lowest BCUT2D eigenvalue weighted by molar-refractivity contribution is 0.149. The summed E-state index contributed by atoms with van der Waals surface area (Å²) >= 11 is 0. The van der Waals surface area contributed by atoms with Gasteiger partial charge in [0.25, 0.3) is 0 Å². The van der Waals surface area contributed by atoms with Gasteiger partial charge in [-0.05, 0) is 56.8 Å². The number of hydrogen-bond donors (Lipinski definition) is 0. The van der Waals surface area contributed by atoms with E-state index in [0.717, 1.165) is 31.4 Å². The van der Waals surface area contributed by atoms with Crippen molar-refractivity contribution in [2.24, 2.45) is 0 Å². The van der Waals surface area contributed by atoms with Crippen molar-refractivity contribution in [1.82, 2.24) is 20.0 Å². The number of nitrogens with zero attached hydrogens (tertiary/aromatic N) is 4. The number of likely N-dealkylation sites (N-methyl/N-ethyl adjacent to an activating group) is 1. The minimum atomic E-state index is 0.230. The van der Waals surface area contributed by atoms with Gasteiger partial charge in [0.1, 0.15) is 6.10 Å². The molecule has 4 rings (SSSR count). The zero-order chi connectivity index (χ0) is 19.9. The van der Waals surface area contributed by atoms with Crippen molar-refractivity contribution < 1.29 is 9.26 Å². The van der Waals surface area contributed by atoms with Gasteiger partial charge in [-0.3, -0.25) is 4.90 Å². The first-order valence-corrected chi connectivity index (χ1v) is 10.4. The summed E-state index contributed by atoms with van der Waals surface area (Å²) in [4.78, 5) is 11.2. The molecule has 0 radical (unpaired) electrons. The Hall–Kier alpha value is -2.73. The second-order valence-electron chi connectivity index (χ2n) is 7.72. The lowest BCUT2D eigenvalue weighted by atomic mass is 9.98. The quantitative estimate of drug-likeness (QED) is 0.562. The molecule has 1 aliphatic carbocycles. The largest absolute Gasteiger partial charge is 0.474 e. The molecule has 6 heteroatoms. The van der Waals surface area contributed by atoms with E-state index in [2.05, 4.69) is 51.3 Å². The predicted octanol–water partition coefficient (Wildman–Crippen LogP) is 4.52. The van der Waals surface area contributed by atoms with Gasteiger partial charge in [-0.2, -0.15) is 4.98 Å². The molecule has 0 atom stereocenters. The molecule has 152 valence electrons. The highest BCUT2D eigenvalue weighted by molar-refractivity contribution is 5.60. The fraction of sp³-hybridized carbons (Fsp3) is 0.435. The average Bonchev–Trinajstić information content (AvgIpc) is 3.22. The Morgan fingerprint density at radius 3 is 2.72 bits per heavy atom. The highest BCUT2D eigenvalue weighted by atomic mass is 16.5. The molecule has 1 aliphatic rings. The topological polar surface area (TPSA) is 64.3 Å². The van der Waals surface area contributed by atoms with Crippen molar-refractivity contribution in [3.05, 3.63) is 60.1 Å². The van der Waals surface area contributed by atoms with Crippen LogP contribution in [0.15, 0.2) is 53.2 Å². The molecule has 0 unspecified atom stereocenters. The van der Waals surface area contributed by atoms with Gasteiger partial charge in [-0.15, -0.1) is 0 Å². The first kappa shape index (κ1) is 19.6. The van der Waals surface area contributed by atoms with E-state index < -0.39 is 0 Å². The van der Waals surface area contributed by atoms with Crippen molar-refractivity contribution >= 4 is 0 Å². The third-order valence-electron chi connectivity index (χ3n) is 5.34. The molecule has 0 aliphatic heterocycles. The minimum absolute atomic E-state index is 0.230. The number of pyridine rings is 1. The zero-order valence-corrected chi connectivity index (χ0v) is 17.0. The van der Waals surface area contributed by atoms with E-state index in [9.17, 15) is 0 Å². The van der Waals surface area contributed by atoms with E-state index >= 15 is 0 Å². The third-order valence-corrected chi connectivity index (χ3v) is 5.34. The maximum absolute atomic E-state index is 6.18. The van der Waals surface area contributed by atoms with Crippen LogP contribution in [0.4, 0.5) is 0 Å². The van der Waals surface area contributed by atoms with E-state index in [-0.39, 0.29) is 6.10 Å². The van der Waals surface area contributed by atoms with Gasteiger partial charge >= 0.3 is 0 Å². The molecule has 0 spiro atoms. The van der Waals surface area contributed by atoms with Gasteiger partial charge in [0.2, 0.25) is 17.6 Å². The number of aromatic nitrogens is 3. The van der Waals surface area contributed by atoms with Crippen molar-refractivity contribution in [2.45, 2.75) is 51.2 Å². The molecule has 2 heterocycles. The van der Waals surface area contributed by atoms with Crippen molar-refractivity contribution in [2.75, 3.05) is 13.6 Å². The number of ether oxygens (including phenoxy) is 1. The predicted molar refractivity (Wildman–Crippen MR) is 112 cm³/mol. The fourth-order valence-electron chi connectivity index (χ4n) is 3.70. The van der Waals surface area contributed by atoms with Gasteiger partial charge in [0.15, 0.2) is 0 Å². The molecule has 1 fully saturated rings. The van der Waals surface area contributed by atoms with Gasteiger partial charge in [0.05, 0.1) is 12.1 Å². The maximum atomic E-state index is 6.18. The molecule has 0 bridgehead atoms. The van der Waals surface area contributed by atoms with Crippen LogP contribution >= 0.6 is 0 Å². The summed E-state index contributed by atoms with van der Waals surface area (Å²) in [7, 11) is 2.06. The molecule has 1 saturated carbocycles. The van der Waals surface area contributed by atoms with Gasteiger partial charge < -0.3 is 9.26 Å². The maximum Gasteiger partial charge on any atom is 0.241 e. The van der Waals surface area contributed by atoms with Crippen LogP contribution in [0.1, 0.15) is 43.6 Å². The van der Waals surface area contributed by atoms with E-state index in [0.29, 0.717) is 24.1 Å². The van der Waals surface area contributed by atoms with Gasteiger partial charge in [-0.1, -0.05) is 41.9 Å². The minimum Gasteiger partial charge on any atom is -0.474 e. The summed E-state index contributed by atoms with van der Waals surface area (Å²) in [5.41, 5.74) is 2.12. The summed E-state index contributed by atoms with van der Waals surface area (Å²) in [6, 6.07) is 14.3. The van der Waals surface area contributed by atoms with E-state index in [4.69, 9.17) is 9.26 Å². The smallest absolute Gasteiger partial charge is 0.241 e. The van der Waals surface area contributed by atoms with Crippen LogP contribution in [-0.2, 0) is 13.0 Å². The summed E-state index contributed by atoms with van der Waals surface area (Å²) in [6.07, 6.45) is 8.86. The number of rotatable bonds is 8. The van der Waals surface area contributed by atoms with Crippen molar-refractivity contribution in [1.29, 1.82) is 0 Å². The van der Waals surface area contributed by atoms with E-state index in [1.807, 2.05) is 18.2 Å². The molecule has 6 nitrogen and oxygen atoms in total. The van der Waals surface area contributed by atoms with Crippen LogP contribution in [-0.4, -0.2) is 39.7 Å². The van der Waals surface area contributed by atoms with Crippen molar-refractivity contribution in [3.8, 4) is 17.3 Å². The Morgan fingerprint density at radius 2 is 1.90 bits per heavy atom. The van der Waals surface area contributed by atoms with Crippen LogP contribution in [0.3, 0.4) is 0 Å². The summed E-state index contributed by atoms with van der Waals surface area (Å²) in [6.45, 7) is 1.53. The highest BCUT2D eigenvalue weighted by Gasteiger charge is 2.20. The Bertz CT molecular complexity index is 891. The van der Waals surface area contributed by atoms with Crippen LogP contribution in [0.2, 0.25) is 0 Å². The number of hydrogen-bond acceptors (Lipinski definition) is 6. The van der Waals surface area contributed by atoms with Crippen LogP contribution in [0.25, 0.3) is 11.4 Å². The van der Waals surface area contributed by atoms with E-state index in [1.54, 1.807) is 6.20 Å². The van der Waals surface area contributed by atoms with Crippen molar-refractivity contribution in [3.63, 3.8) is 0 Å². The normalized spacial score (nSPS) is 15.0. The van der Waals surface area contributed by atoms with E-state index in [1.165, 1.54) is 24.8 Å². The molecule has 0 saturated heterocycles. The molecule has 3 aromatic rings.